The van der Waals surface area contributed by atoms with Crippen molar-refractivity contribution in [1.29, 1.82) is 0 Å². The number of nitrogens with zero attached hydrogens (tertiary/aromatic N) is 3. The van der Waals surface area contributed by atoms with Gasteiger partial charge in [0.25, 0.3) is 5.89 Å². The molecule has 0 saturated heterocycles. The summed E-state index contributed by atoms with van der Waals surface area (Å²) in [5.74, 6) is 1.06. The van der Waals surface area contributed by atoms with Crippen molar-refractivity contribution in [2.24, 2.45) is 0 Å². The summed E-state index contributed by atoms with van der Waals surface area (Å²) in [6.45, 7) is 8.98. The van der Waals surface area contributed by atoms with Gasteiger partial charge in [0.1, 0.15) is 0 Å². The standard InChI is InChI=1S/C29H28N4OS/c1-18-8-12-23(13-9-18)26-25(28-31-27(32-34-28)24-14-10-19(2)11-15-24)21(4)33(29(35)30-26)17-22-7-5-6-20(3)16-22/h5-16,26H,17H2,1-4H3,(H,30,35). The molecule has 176 valence electrons. The third-order valence-electron chi connectivity index (χ3n) is 6.40. The van der Waals surface area contributed by atoms with Crippen molar-refractivity contribution >= 4 is 22.9 Å². The second-order valence-corrected chi connectivity index (χ2v) is 9.54. The predicted octanol–water partition coefficient (Wildman–Crippen LogP) is 6.52. The fraction of sp³-hybridized carbons (Fsp3) is 0.207. The number of aromatic nitrogens is 2. The van der Waals surface area contributed by atoms with Gasteiger partial charge in [0.05, 0.1) is 11.6 Å². The Morgan fingerprint density at radius 3 is 2.26 bits per heavy atom. The molecule has 0 radical (unpaired) electrons. The lowest BCUT2D eigenvalue weighted by Crippen LogP contribution is -2.45. The molecular formula is C29H28N4OS. The van der Waals surface area contributed by atoms with Crippen molar-refractivity contribution in [3.8, 4) is 11.4 Å². The van der Waals surface area contributed by atoms with E-state index in [9.17, 15) is 0 Å². The molecule has 5 nitrogen and oxygen atoms in total. The summed E-state index contributed by atoms with van der Waals surface area (Å²) in [5, 5.41) is 8.53. The lowest BCUT2D eigenvalue weighted by molar-refractivity contribution is 0.396. The highest BCUT2D eigenvalue weighted by Crippen LogP contribution is 2.38. The number of aryl methyl sites for hydroxylation is 3. The summed E-state index contributed by atoms with van der Waals surface area (Å²) < 4.78 is 5.86. The molecule has 5 rings (SSSR count). The fourth-order valence-corrected chi connectivity index (χ4v) is 4.72. The highest BCUT2D eigenvalue weighted by molar-refractivity contribution is 7.80. The zero-order valence-electron chi connectivity index (χ0n) is 20.4. The molecule has 4 aromatic rings. The maximum absolute atomic E-state index is 5.86. The summed E-state index contributed by atoms with van der Waals surface area (Å²) in [5.41, 5.74) is 8.75. The minimum absolute atomic E-state index is 0.192. The van der Waals surface area contributed by atoms with Crippen LogP contribution < -0.4 is 5.32 Å². The van der Waals surface area contributed by atoms with Crippen LogP contribution in [0, 0.1) is 20.8 Å². The Morgan fingerprint density at radius 1 is 0.886 bits per heavy atom. The van der Waals surface area contributed by atoms with E-state index in [1.54, 1.807) is 0 Å². The normalized spacial score (nSPS) is 15.9. The minimum atomic E-state index is -0.192. The SMILES string of the molecule is CC1=C(c2nc(-c3ccc(C)cc3)no2)C(c2ccc(C)cc2)NC(=S)N1Cc1cccc(C)c1. The van der Waals surface area contributed by atoms with E-state index in [1.807, 2.05) is 12.1 Å². The van der Waals surface area contributed by atoms with E-state index in [1.165, 1.54) is 22.3 Å². The Kier molecular flexibility index (Phi) is 6.22. The molecule has 0 spiro atoms. The van der Waals surface area contributed by atoms with E-state index < -0.39 is 0 Å². The summed E-state index contributed by atoms with van der Waals surface area (Å²) in [7, 11) is 0. The Bertz CT molecular complexity index is 1400. The van der Waals surface area contributed by atoms with Gasteiger partial charge >= 0.3 is 0 Å². The van der Waals surface area contributed by atoms with Crippen molar-refractivity contribution in [2.75, 3.05) is 0 Å². The third-order valence-corrected chi connectivity index (χ3v) is 6.73. The summed E-state index contributed by atoms with van der Waals surface area (Å²) in [6.07, 6.45) is 0. The van der Waals surface area contributed by atoms with Gasteiger partial charge in [0.15, 0.2) is 5.11 Å². The van der Waals surface area contributed by atoms with Crippen LogP contribution in [0.5, 0.6) is 0 Å². The van der Waals surface area contributed by atoms with Crippen molar-refractivity contribution in [3.63, 3.8) is 0 Å². The number of hydrogen-bond donors (Lipinski definition) is 1. The molecule has 1 aromatic heterocycles. The molecule has 1 N–H and O–H groups in total. The molecule has 0 bridgehead atoms. The van der Waals surface area contributed by atoms with Gasteiger partial charge in [-0.05, 0) is 51.0 Å². The van der Waals surface area contributed by atoms with Crippen LogP contribution in [0.1, 0.15) is 46.7 Å². The maximum Gasteiger partial charge on any atom is 0.258 e. The van der Waals surface area contributed by atoms with Gasteiger partial charge in [0.2, 0.25) is 5.82 Å². The molecule has 3 aromatic carbocycles. The van der Waals surface area contributed by atoms with E-state index in [0.717, 1.165) is 22.4 Å². The molecule has 2 heterocycles. The number of nitrogens with one attached hydrogen (secondary N) is 1. The second kappa shape index (κ2) is 9.47. The lowest BCUT2D eigenvalue weighted by atomic mass is 9.94. The zero-order valence-corrected chi connectivity index (χ0v) is 21.2. The van der Waals surface area contributed by atoms with Crippen LogP contribution in [-0.2, 0) is 6.54 Å². The van der Waals surface area contributed by atoms with Gasteiger partial charge in [-0.15, -0.1) is 0 Å². The van der Waals surface area contributed by atoms with Crippen LogP contribution in [0.2, 0.25) is 0 Å². The number of thiocarbonyl (C=S) groups is 1. The average molecular weight is 481 g/mol. The van der Waals surface area contributed by atoms with E-state index in [0.29, 0.717) is 23.4 Å². The Morgan fingerprint density at radius 2 is 1.57 bits per heavy atom. The molecule has 1 unspecified atom stereocenters. The Balaban J connectivity index is 1.59. The molecule has 1 aliphatic heterocycles. The van der Waals surface area contributed by atoms with Crippen molar-refractivity contribution in [1.82, 2.24) is 20.4 Å². The minimum Gasteiger partial charge on any atom is -0.351 e. The first kappa shape index (κ1) is 23.0. The number of rotatable bonds is 5. The molecule has 6 heteroatoms. The van der Waals surface area contributed by atoms with Crippen LogP contribution in [0.25, 0.3) is 17.0 Å². The highest BCUT2D eigenvalue weighted by atomic mass is 32.1. The summed E-state index contributed by atoms with van der Waals surface area (Å²) >= 11 is 5.85. The van der Waals surface area contributed by atoms with Gasteiger partial charge < -0.3 is 14.7 Å². The Hall–Kier alpha value is -3.77. The van der Waals surface area contributed by atoms with E-state index in [4.69, 9.17) is 21.7 Å². The molecule has 0 saturated carbocycles. The number of allylic oxidation sites excluding steroid dienone is 1. The second-order valence-electron chi connectivity index (χ2n) is 9.16. The van der Waals surface area contributed by atoms with Crippen molar-refractivity contribution < 1.29 is 4.52 Å². The first-order valence-electron chi connectivity index (χ1n) is 11.7. The van der Waals surface area contributed by atoms with Gasteiger partial charge in [0, 0.05) is 17.8 Å². The average Bonchev–Trinajstić information content (AvgIpc) is 3.32. The molecule has 35 heavy (non-hydrogen) atoms. The smallest absolute Gasteiger partial charge is 0.258 e. The van der Waals surface area contributed by atoms with Gasteiger partial charge in [-0.3, -0.25) is 0 Å². The van der Waals surface area contributed by atoms with Crippen LogP contribution in [0.15, 0.2) is 83.0 Å². The maximum atomic E-state index is 5.86. The van der Waals surface area contributed by atoms with Gasteiger partial charge in [-0.25, -0.2) is 0 Å². The van der Waals surface area contributed by atoms with Crippen LogP contribution in [0.4, 0.5) is 0 Å². The zero-order chi connectivity index (χ0) is 24.5. The lowest BCUT2D eigenvalue weighted by Gasteiger charge is -2.37. The molecule has 0 amide bonds. The number of hydrogen-bond acceptors (Lipinski definition) is 4. The third kappa shape index (κ3) is 4.75. The largest absolute Gasteiger partial charge is 0.351 e. The van der Waals surface area contributed by atoms with Crippen LogP contribution in [-0.4, -0.2) is 20.2 Å². The predicted molar refractivity (Wildman–Crippen MR) is 143 cm³/mol. The first-order chi connectivity index (χ1) is 16.9. The molecule has 0 fully saturated rings. The van der Waals surface area contributed by atoms with Crippen LogP contribution >= 0.6 is 12.2 Å². The van der Waals surface area contributed by atoms with E-state index >= 15 is 0 Å². The van der Waals surface area contributed by atoms with Crippen molar-refractivity contribution in [3.05, 3.63) is 112 Å². The van der Waals surface area contributed by atoms with E-state index in [2.05, 4.69) is 104 Å². The summed E-state index contributed by atoms with van der Waals surface area (Å²) in [6, 6.07) is 24.9. The molecule has 1 atom stereocenters. The van der Waals surface area contributed by atoms with Crippen LogP contribution in [0.3, 0.4) is 0 Å². The first-order valence-corrected chi connectivity index (χ1v) is 12.1. The quantitative estimate of drug-likeness (QED) is 0.328. The monoisotopic (exact) mass is 480 g/mol. The highest BCUT2D eigenvalue weighted by Gasteiger charge is 2.34. The van der Waals surface area contributed by atoms with Crippen molar-refractivity contribution in [2.45, 2.75) is 40.3 Å². The van der Waals surface area contributed by atoms with E-state index in [-0.39, 0.29) is 6.04 Å². The fourth-order valence-electron chi connectivity index (χ4n) is 4.40. The summed E-state index contributed by atoms with van der Waals surface area (Å²) in [4.78, 5) is 6.92. The number of benzene rings is 3. The van der Waals surface area contributed by atoms with Gasteiger partial charge in [-0.1, -0.05) is 94.6 Å². The Labute approximate surface area is 211 Å². The molecule has 0 aliphatic carbocycles. The molecular weight excluding hydrogens is 452 g/mol. The topological polar surface area (TPSA) is 54.2 Å². The van der Waals surface area contributed by atoms with Gasteiger partial charge in [-0.2, -0.15) is 4.98 Å². The molecule has 1 aliphatic rings.